The van der Waals surface area contributed by atoms with Gasteiger partial charge in [-0.25, -0.2) is 17.5 Å². The van der Waals surface area contributed by atoms with Crippen LogP contribution in [0.3, 0.4) is 0 Å². The van der Waals surface area contributed by atoms with Gasteiger partial charge in [0, 0.05) is 16.7 Å². The second kappa shape index (κ2) is 8.75. The van der Waals surface area contributed by atoms with E-state index in [4.69, 9.17) is 5.73 Å². The van der Waals surface area contributed by atoms with Gasteiger partial charge in [0.2, 0.25) is 0 Å². The number of rotatable bonds is 5. The standard InChI is InChI=1S/C22H22F4N4O3S/c1-21(2,3)19-11-18(20(31)29-34(32,33)14-7-4-6-13(27)10-14)30(28-19)12-15-16(22(24,25)26)8-5-9-17(15)23/h4-11H,12,27H2,1-3H3,(H,29,31). The molecule has 1 amide bonds. The highest BCUT2D eigenvalue weighted by Crippen LogP contribution is 2.34. The topological polar surface area (TPSA) is 107 Å². The van der Waals surface area contributed by atoms with Crippen molar-refractivity contribution in [3.8, 4) is 0 Å². The van der Waals surface area contributed by atoms with Crippen molar-refractivity contribution in [2.45, 2.75) is 43.8 Å². The maximum atomic E-state index is 14.4. The summed E-state index contributed by atoms with van der Waals surface area (Å²) in [4.78, 5) is 12.7. The number of carbonyl (C=O) groups is 1. The molecule has 0 radical (unpaired) electrons. The van der Waals surface area contributed by atoms with Crippen molar-refractivity contribution in [3.63, 3.8) is 0 Å². The molecule has 0 spiro atoms. The molecule has 34 heavy (non-hydrogen) atoms. The van der Waals surface area contributed by atoms with Gasteiger partial charge in [-0.15, -0.1) is 0 Å². The van der Waals surface area contributed by atoms with Gasteiger partial charge in [0.05, 0.1) is 22.7 Å². The molecule has 12 heteroatoms. The first kappa shape index (κ1) is 25.2. The first-order valence-electron chi connectivity index (χ1n) is 9.95. The number of nitrogen functional groups attached to an aromatic ring is 1. The Morgan fingerprint density at radius 1 is 1.09 bits per heavy atom. The molecule has 1 heterocycles. The second-order valence-electron chi connectivity index (χ2n) is 8.59. The van der Waals surface area contributed by atoms with Crippen LogP contribution in [0.4, 0.5) is 23.2 Å². The predicted molar refractivity (Wildman–Crippen MR) is 117 cm³/mol. The minimum atomic E-state index is -4.85. The highest BCUT2D eigenvalue weighted by Gasteiger charge is 2.35. The number of nitrogens with two attached hydrogens (primary N) is 1. The van der Waals surface area contributed by atoms with Crippen molar-refractivity contribution in [2.24, 2.45) is 0 Å². The highest BCUT2D eigenvalue weighted by atomic mass is 32.2. The summed E-state index contributed by atoms with van der Waals surface area (Å²) in [5, 5.41) is 4.19. The van der Waals surface area contributed by atoms with Gasteiger partial charge in [0.25, 0.3) is 15.9 Å². The fraction of sp³-hybridized carbons (Fsp3) is 0.273. The van der Waals surface area contributed by atoms with Crippen LogP contribution in [0.25, 0.3) is 0 Å². The summed E-state index contributed by atoms with van der Waals surface area (Å²) in [5.74, 6) is -2.28. The van der Waals surface area contributed by atoms with E-state index in [1.54, 1.807) is 20.8 Å². The number of halogens is 4. The monoisotopic (exact) mass is 498 g/mol. The summed E-state index contributed by atoms with van der Waals surface area (Å²) in [6.45, 7) is 4.48. The van der Waals surface area contributed by atoms with E-state index in [2.05, 4.69) is 5.10 Å². The SMILES string of the molecule is CC(C)(C)c1cc(C(=O)NS(=O)(=O)c2cccc(N)c2)n(Cc2c(F)cccc2C(F)(F)F)n1. The lowest BCUT2D eigenvalue weighted by atomic mass is 9.92. The van der Waals surface area contributed by atoms with Gasteiger partial charge in [0.15, 0.2) is 0 Å². The van der Waals surface area contributed by atoms with Crippen molar-refractivity contribution in [3.05, 3.63) is 76.9 Å². The molecule has 0 aliphatic carbocycles. The Morgan fingerprint density at radius 3 is 2.32 bits per heavy atom. The molecule has 7 nitrogen and oxygen atoms in total. The normalized spacial score (nSPS) is 12.6. The molecular weight excluding hydrogens is 476 g/mol. The summed E-state index contributed by atoms with van der Waals surface area (Å²) >= 11 is 0. The van der Waals surface area contributed by atoms with Gasteiger partial charge < -0.3 is 5.73 Å². The first-order chi connectivity index (χ1) is 15.6. The van der Waals surface area contributed by atoms with Crippen LogP contribution >= 0.6 is 0 Å². The molecule has 0 fully saturated rings. The maximum Gasteiger partial charge on any atom is 0.416 e. The summed E-state index contributed by atoms with van der Waals surface area (Å²) in [6.07, 6.45) is -4.85. The van der Waals surface area contributed by atoms with Crippen molar-refractivity contribution in [2.75, 3.05) is 5.73 Å². The Labute approximate surface area is 193 Å². The van der Waals surface area contributed by atoms with Gasteiger partial charge >= 0.3 is 6.18 Å². The van der Waals surface area contributed by atoms with Gasteiger partial charge in [-0.1, -0.05) is 32.9 Å². The summed E-state index contributed by atoms with van der Waals surface area (Å²) in [5.41, 5.74) is 3.10. The number of aromatic nitrogens is 2. The van der Waals surface area contributed by atoms with Crippen molar-refractivity contribution in [1.82, 2.24) is 14.5 Å². The number of carbonyl (C=O) groups excluding carboxylic acids is 1. The molecule has 0 saturated carbocycles. The zero-order chi connectivity index (χ0) is 25.5. The smallest absolute Gasteiger partial charge is 0.399 e. The van der Waals surface area contributed by atoms with E-state index in [-0.39, 0.29) is 16.3 Å². The summed E-state index contributed by atoms with van der Waals surface area (Å²) < 4.78 is 82.8. The number of sulfonamides is 1. The quantitative estimate of drug-likeness (QED) is 0.407. The van der Waals surface area contributed by atoms with Crippen LogP contribution in [0.15, 0.2) is 53.4 Å². The Balaban J connectivity index is 2.06. The third-order valence-corrected chi connectivity index (χ3v) is 6.24. The molecule has 0 aliphatic rings. The lowest BCUT2D eigenvalue weighted by molar-refractivity contribution is -0.138. The van der Waals surface area contributed by atoms with Crippen LogP contribution in [0.1, 0.15) is 48.1 Å². The van der Waals surface area contributed by atoms with Crippen LogP contribution in [0.2, 0.25) is 0 Å². The van der Waals surface area contributed by atoms with E-state index in [9.17, 15) is 30.8 Å². The molecule has 2 aromatic carbocycles. The number of benzene rings is 2. The van der Waals surface area contributed by atoms with E-state index in [1.165, 1.54) is 24.3 Å². The van der Waals surface area contributed by atoms with Gasteiger partial charge in [-0.2, -0.15) is 18.3 Å². The van der Waals surface area contributed by atoms with Gasteiger partial charge in [-0.3, -0.25) is 9.48 Å². The third-order valence-electron chi connectivity index (χ3n) is 4.91. The second-order valence-corrected chi connectivity index (χ2v) is 10.3. The molecule has 0 saturated heterocycles. The molecule has 3 rings (SSSR count). The maximum absolute atomic E-state index is 14.4. The van der Waals surface area contributed by atoms with E-state index in [0.29, 0.717) is 5.69 Å². The first-order valence-corrected chi connectivity index (χ1v) is 11.4. The average Bonchev–Trinajstić information content (AvgIpc) is 3.13. The fourth-order valence-electron chi connectivity index (χ4n) is 3.14. The minimum absolute atomic E-state index is 0.148. The molecular formula is C22H22F4N4O3S. The van der Waals surface area contributed by atoms with Crippen LogP contribution < -0.4 is 10.5 Å². The number of hydrogen-bond acceptors (Lipinski definition) is 5. The lowest BCUT2D eigenvalue weighted by Gasteiger charge is -2.16. The number of amides is 1. The molecule has 0 aliphatic heterocycles. The van der Waals surface area contributed by atoms with Crippen molar-refractivity contribution < 1.29 is 30.8 Å². The minimum Gasteiger partial charge on any atom is -0.399 e. The van der Waals surface area contributed by atoms with Gasteiger partial charge in [-0.05, 0) is 36.4 Å². The molecule has 3 aromatic rings. The number of nitrogens with one attached hydrogen (secondary N) is 1. The lowest BCUT2D eigenvalue weighted by Crippen LogP contribution is -2.32. The Hall–Kier alpha value is -3.41. The van der Waals surface area contributed by atoms with Crippen LogP contribution in [-0.4, -0.2) is 24.1 Å². The van der Waals surface area contributed by atoms with Crippen LogP contribution in [0, 0.1) is 5.82 Å². The largest absolute Gasteiger partial charge is 0.416 e. The van der Waals surface area contributed by atoms with Crippen LogP contribution in [0.5, 0.6) is 0 Å². The number of anilines is 1. The van der Waals surface area contributed by atoms with Gasteiger partial charge in [0.1, 0.15) is 11.5 Å². The molecule has 3 N–H and O–H groups in total. The predicted octanol–water partition coefficient (Wildman–Crippen LogP) is 4.09. The molecule has 0 atom stereocenters. The molecule has 0 unspecified atom stereocenters. The molecule has 1 aromatic heterocycles. The summed E-state index contributed by atoms with van der Waals surface area (Å²) in [6, 6.07) is 8.97. The van der Waals surface area contributed by atoms with Crippen LogP contribution in [-0.2, 0) is 28.2 Å². The van der Waals surface area contributed by atoms with E-state index < -0.39 is 51.0 Å². The highest BCUT2D eigenvalue weighted by molar-refractivity contribution is 7.90. The Morgan fingerprint density at radius 2 is 1.74 bits per heavy atom. The number of alkyl halides is 3. The Kier molecular flexibility index (Phi) is 6.49. The number of nitrogens with zero attached hydrogens (tertiary/aromatic N) is 2. The zero-order valence-electron chi connectivity index (χ0n) is 18.4. The van der Waals surface area contributed by atoms with Crippen molar-refractivity contribution >= 4 is 21.6 Å². The van der Waals surface area contributed by atoms with E-state index in [1.807, 2.05) is 4.72 Å². The molecule has 0 bridgehead atoms. The number of hydrogen-bond donors (Lipinski definition) is 2. The third kappa shape index (κ3) is 5.38. The fourth-order valence-corrected chi connectivity index (χ4v) is 4.15. The average molecular weight is 499 g/mol. The van der Waals surface area contributed by atoms with E-state index in [0.717, 1.165) is 28.9 Å². The molecule has 182 valence electrons. The zero-order valence-corrected chi connectivity index (χ0v) is 19.3. The van der Waals surface area contributed by atoms with Crippen molar-refractivity contribution in [1.29, 1.82) is 0 Å². The van der Waals surface area contributed by atoms with E-state index >= 15 is 0 Å². The summed E-state index contributed by atoms with van der Waals surface area (Å²) in [7, 11) is -4.36. The Bertz CT molecular complexity index is 1340.